The van der Waals surface area contributed by atoms with E-state index >= 15 is 0 Å². The van der Waals surface area contributed by atoms with Crippen molar-refractivity contribution in [3.8, 4) is 0 Å². The second-order valence-corrected chi connectivity index (χ2v) is 8.97. The predicted molar refractivity (Wildman–Crippen MR) is 138 cm³/mol. The first-order chi connectivity index (χ1) is 16.8. The van der Waals surface area contributed by atoms with Gasteiger partial charge in [0.25, 0.3) is 5.82 Å². The molecule has 35 heavy (non-hydrogen) atoms. The lowest BCUT2D eigenvalue weighted by Crippen LogP contribution is -3.00. The molecule has 1 heterocycles. The molecule has 0 radical (unpaired) electrons. The van der Waals surface area contributed by atoms with Gasteiger partial charge < -0.3 is 22.3 Å². The number of rotatable bonds is 13. The van der Waals surface area contributed by atoms with E-state index in [9.17, 15) is 5.11 Å². The number of aliphatic hydroxyl groups excluding tert-OH is 1. The molecule has 3 aromatic carbocycles. The topological polar surface area (TPSA) is 38.3 Å². The Morgan fingerprint density at radius 2 is 1.43 bits per heavy atom. The Hall–Kier alpha value is -2.66. The van der Waals surface area contributed by atoms with Crippen LogP contribution < -0.4 is 17.0 Å². The molecule has 4 rings (SSSR count). The third-order valence-corrected chi connectivity index (χ3v) is 6.42. The Morgan fingerprint density at radius 3 is 2.17 bits per heavy atom. The maximum absolute atomic E-state index is 11.6. The molecule has 1 aromatic heterocycles. The number of hydrogen-bond donors (Lipinski definition) is 1. The van der Waals surface area contributed by atoms with Gasteiger partial charge in [-0.05, 0) is 29.7 Å². The van der Waals surface area contributed by atoms with Gasteiger partial charge in [-0.1, -0.05) is 112 Å². The predicted octanol–water partition coefficient (Wildman–Crippen LogP) is 3.40. The molecule has 0 aliphatic carbocycles. The van der Waals surface area contributed by atoms with Gasteiger partial charge in [0, 0.05) is 0 Å². The Bertz CT molecular complexity index is 1150. The first kappa shape index (κ1) is 26.9. The molecule has 4 nitrogen and oxygen atoms in total. The van der Waals surface area contributed by atoms with E-state index < -0.39 is 6.10 Å². The fourth-order valence-corrected chi connectivity index (χ4v) is 4.60. The maximum atomic E-state index is 11.6. The van der Waals surface area contributed by atoms with Crippen molar-refractivity contribution < 1.29 is 26.8 Å². The summed E-state index contributed by atoms with van der Waals surface area (Å²) in [5.41, 5.74) is 4.25. The van der Waals surface area contributed by atoms with E-state index in [0.717, 1.165) is 35.4 Å². The fraction of sp³-hybridized carbons (Fsp3) is 0.367. The molecular formula is C30H37ClN2O2. The maximum Gasteiger partial charge on any atom is 0.293 e. The number of unbranched alkanes of at least 4 members (excludes halogenated alkanes) is 5. The van der Waals surface area contributed by atoms with Crippen LogP contribution in [-0.4, -0.2) is 16.3 Å². The summed E-state index contributed by atoms with van der Waals surface area (Å²) >= 11 is 0. The molecule has 0 aliphatic rings. The molecule has 0 spiro atoms. The number of nitrogens with zero attached hydrogens (tertiary/aromatic N) is 2. The fourth-order valence-electron chi connectivity index (χ4n) is 4.60. The average molecular weight is 493 g/mol. The van der Waals surface area contributed by atoms with Gasteiger partial charge in [-0.3, -0.25) is 0 Å². The molecule has 1 unspecified atom stereocenters. The van der Waals surface area contributed by atoms with Crippen molar-refractivity contribution in [2.24, 2.45) is 0 Å². The van der Waals surface area contributed by atoms with Crippen molar-refractivity contribution in [2.45, 2.75) is 64.8 Å². The number of benzene rings is 3. The van der Waals surface area contributed by atoms with E-state index in [1.54, 1.807) is 0 Å². The van der Waals surface area contributed by atoms with E-state index in [-0.39, 0.29) is 12.4 Å². The van der Waals surface area contributed by atoms with Crippen molar-refractivity contribution in [3.63, 3.8) is 0 Å². The van der Waals surface area contributed by atoms with Gasteiger partial charge in [0.2, 0.25) is 0 Å². The lowest BCUT2D eigenvalue weighted by molar-refractivity contribution is -0.674. The van der Waals surface area contributed by atoms with Crippen LogP contribution in [0.2, 0.25) is 0 Å². The van der Waals surface area contributed by atoms with Crippen LogP contribution in [0.1, 0.15) is 68.5 Å². The summed E-state index contributed by atoms with van der Waals surface area (Å²) < 4.78 is 10.5. The molecule has 0 saturated carbocycles. The van der Waals surface area contributed by atoms with Crippen LogP contribution >= 0.6 is 0 Å². The van der Waals surface area contributed by atoms with Crippen molar-refractivity contribution in [3.05, 3.63) is 102 Å². The second kappa shape index (κ2) is 14.0. The van der Waals surface area contributed by atoms with Crippen LogP contribution in [0.3, 0.4) is 0 Å². The van der Waals surface area contributed by atoms with Crippen molar-refractivity contribution in [1.29, 1.82) is 0 Å². The summed E-state index contributed by atoms with van der Waals surface area (Å²) in [6.45, 7) is 4.09. The number of halogens is 1. The minimum atomic E-state index is -0.755. The third-order valence-electron chi connectivity index (χ3n) is 6.42. The number of aliphatic hydroxyl groups is 1. The molecule has 0 bridgehead atoms. The zero-order valence-corrected chi connectivity index (χ0v) is 21.4. The quantitative estimate of drug-likeness (QED) is 0.229. The lowest BCUT2D eigenvalue weighted by Gasteiger charge is -2.12. The molecule has 0 aliphatic heterocycles. The molecule has 0 fully saturated rings. The first-order valence-electron chi connectivity index (χ1n) is 12.6. The summed E-state index contributed by atoms with van der Waals surface area (Å²) in [5.74, 6) is 0.846. The summed E-state index contributed by atoms with van der Waals surface area (Å²) in [5, 5.41) is 11.6. The Kier molecular flexibility index (Phi) is 10.8. The molecule has 0 amide bonds. The molecule has 186 valence electrons. The number of imidazole rings is 1. The number of ether oxygens (including phenoxy) is 1. The minimum Gasteiger partial charge on any atom is -1.00 e. The summed E-state index contributed by atoms with van der Waals surface area (Å²) in [7, 11) is 0. The highest BCUT2D eigenvalue weighted by molar-refractivity contribution is 5.72. The largest absolute Gasteiger partial charge is 1.00 e. The molecule has 0 saturated heterocycles. The number of para-hydroxylation sites is 2. The number of aromatic nitrogens is 2. The van der Waals surface area contributed by atoms with Crippen LogP contribution in [-0.2, 0) is 18.0 Å². The van der Waals surface area contributed by atoms with Crippen LogP contribution in [0.25, 0.3) is 11.0 Å². The van der Waals surface area contributed by atoms with Crippen molar-refractivity contribution in [2.75, 3.05) is 6.61 Å². The normalized spacial score (nSPS) is 11.9. The Labute approximate surface area is 215 Å². The van der Waals surface area contributed by atoms with E-state index in [4.69, 9.17) is 4.74 Å². The molecule has 5 heteroatoms. The smallest absolute Gasteiger partial charge is 0.293 e. The minimum absolute atomic E-state index is 0. The molecular weight excluding hydrogens is 456 g/mol. The van der Waals surface area contributed by atoms with Gasteiger partial charge in [-0.15, -0.1) is 0 Å². The van der Waals surface area contributed by atoms with Gasteiger partial charge in [0.15, 0.2) is 23.9 Å². The summed E-state index contributed by atoms with van der Waals surface area (Å²) in [6.07, 6.45) is 6.70. The molecule has 4 aromatic rings. The Morgan fingerprint density at radius 1 is 0.800 bits per heavy atom. The van der Waals surface area contributed by atoms with Crippen LogP contribution in [0.15, 0.2) is 84.9 Å². The standard InChI is InChI=1S/C30H37N2O2.ClH/c1-2-3-4-5-6-15-22-34-24-32-28-21-14-13-20-27(28)31(23-25-16-9-7-10-17-25)30(32)29(33)26-18-11-8-12-19-26;/h7-14,16-21,29,33H,2-6,15,22-24H2,1H3;1H/q+1;/p-1. The average Bonchev–Trinajstić information content (AvgIpc) is 3.19. The van der Waals surface area contributed by atoms with E-state index in [1.807, 2.05) is 36.4 Å². The monoisotopic (exact) mass is 492 g/mol. The van der Waals surface area contributed by atoms with Crippen LogP contribution in [0.5, 0.6) is 0 Å². The highest BCUT2D eigenvalue weighted by Gasteiger charge is 2.31. The third kappa shape index (κ3) is 6.94. The van der Waals surface area contributed by atoms with Gasteiger partial charge in [-0.25, -0.2) is 4.57 Å². The van der Waals surface area contributed by atoms with Gasteiger partial charge in [0.05, 0.1) is 6.61 Å². The SMILES string of the molecule is CCCCCCCCOCn1c(C(O)c2ccccc2)[n+](Cc2ccccc2)c2ccccc21.[Cl-]. The van der Waals surface area contributed by atoms with Crippen LogP contribution in [0, 0.1) is 0 Å². The summed E-state index contributed by atoms with van der Waals surface area (Å²) in [4.78, 5) is 0. The van der Waals surface area contributed by atoms with E-state index in [1.165, 1.54) is 37.7 Å². The van der Waals surface area contributed by atoms with Gasteiger partial charge in [0.1, 0.15) is 6.54 Å². The Balaban J connectivity index is 0.00000342. The number of hydrogen-bond acceptors (Lipinski definition) is 2. The van der Waals surface area contributed by atoms with Crippen molar-refractivity contribution >= 4 is 11.0 Å². The highest BCUT2D eigenvalue weighted by Crippen LogP contribution is 2.25. The van der Waals surface area contributed by atoms with E-state index in [0.29, 0.717) is 13.3 Å². The summed E-state index contributed by atoms with van der Waals surface area (Å²) in [6, 6.07) is 28.7. The van der Waals surface area contributed by atoms with Gasteiger partial charge >= 0.3 is 0 Å². The lowest BCUT2D eigenvalue weighted by atomic mass is 10.1. The highest BCUT2D eigenvalue weighted by atomic mass is 35.5. The molecule has 1 N–H and O–H groups in total. The van der Waals surface area contributed by atoms with Gasteiger partial charge in [-0.2, -0.15) is 4.57 Å². The second-order valence-electron chi connectivity index (χ2n) is 8.97. The molecule has 1 atom stereocenters. The first-order valence-corrected chi connectivity index (χ1v) is 12.6. The zero-order chi connectivity index (χ0) is 23.6. The zero-order valence-electron chi connectivity index (χ0n) is 20.7. The number of fused-ring (bicyclic) bond motifs is 1. The van der Waals surface area contributed by atoms with E-state index in [2.05, 4.69) is 64.6 Å². The van der Waals surface area contributed by atoms with Crippen LogP contribution in [0.4, 0.5) is 0 Å². The van der Waals surface area contributed by atoms with Crippen molar-refractivity contribution in [1.82, 2.24) is 4.57 Å².